The lowest BCUT2D eigenvalue weighted by molar-refractivity contribution is -0.135. The number of aryl methyl sites for hydroxylation is 2. The summed E-state index contributed by atoms with van der Waals surface area (Å²) in [7, 11) is 1.77. The maximum Gasteiger partial charge on any atom is 0.312 e. The van der Waals surface area contributed by atoms with Gasteiger partial charge in [-0.25, -0.2) is 0 Å². The fraction of sp³-hybridized carbons (Fsp3) is 0.263. The molecule has 0 bridgehead atoms. The number of hydrogen-bond acceptors (Lipinski definition) is 4. The first-order valence-electron chi connectivity index (χ1n) is 8.01. The average molecular weight is 339 g/mol. The Morgan fingerprint density at radius 3 is 2.75 bits per heavy atom. The van der Waals surface area contributed by atoms with Crippen molar-refractivity contribution in [1.29, 1.82) is 0 Å². The van der Waals surface area contributed by atoms with Crippen molar-refractivity contribution in [2.45, 2.75) is 25.7 Å². The number of pyridine rings is 1. The van der Waals surface area contributed by atoms with Crippen LogP contribution in [0.25, 0.3) is 10.9 Å². The first-order valence-corrected chi connectivity index (χ1v) is 8.82. The highest BCUT2D eigenvalue weighted by atomic mass is 32.1. The third-order valence-electron chi connectivity index (χ3n) is 4.60. The largest absolute Gasteiger partial charge is 0.425 e. The summed E-state index contributed by atoms with van der Waals surface area (Å²) < 4.78 is 7.17. The van der Waals surface area contributed by atoms with Crippen molar-refractivity contribution < 1.29 is 9.53 Å². The van der Waals surface area contributed by atoms with E-state index in [1.807, 2.05) is 30.3 Å². The van der Waals surface area contributed by atoms with Gasteiger partial charge in [0.25, 0.3) is 5.56 Å². The Morgan fingerprint density at radius 1 is 1.21 bits per heavy atom. The van der Waals surface area contributed by atoms with Crippen molar-refractivity contribution in [3.05, 3.63) is 62.1 Å². The van der Waals surface area contributed by atoms with Crippen LogP contribution in [0.2, 0.25) is 0 Å². The highest BCUT2D eigenvalue weighted by molar-refractivity contribution is 7.12. The number of ether oxygens (including phenoxy) is 1. The molecule has 1 unspecified atom stereocenters. The summed E-state index contributed by atoms with van der Waals surface area (Å²) in [5.41, 5.74) is 1.28. The molecule has 122 valence electrons. The number of para-hydroxylation sites is 1. The lowest BCUT2D eigenvalue weighted by Crippen LogP contribution is -2.31. The SMILES string of the molecule is CCc1ccc(C2CC(=O)Oc3c2c(=O)n(C)c2ccccc32)s1. The Bertz CT molecular complexity index is 1020. The van der Waals surface area contributed by atoms with Crippen LogP contribution in [-0.2, 0) is 18.3 Å². The zero-order valence-electron chi connectivity index (χ0n) is 13.5. The molecule has 0 spiro atoms. The van der Waals surface area contributed by atoms with Gasteiger partial charge in [-0.05, 0) is 30.7 Å². The highest BCUT2D eigenvalue weighted by Crippen LogP contribution is 2.42. The molecular formula is C19H17NO3S. The lowest BCUT2D eigenvalue weighted by atomic mass is 9.91. The van der Waals surface area contributed by atoms with Gasteiger partial charge in [0.05, 0.1) is 17.5 Å². The third kappa shape index (κ3) is 2.19. The van der Waals surface area contributed by atoms with E-state index in [4.69, 9.17) is 4.74 Å². The van der Waals surface area contributed by atoms with Crippen LogP contribution in [0.4, 0.5) is 0 Å². The zero-order chi connectivity index (χ0) is 16.8. The van der Waals surface area contributed by atoms with Crippen LogP contribution in [0.1, 0.15) is 34.6 Å². The van der Waals surface area contributed by atoms with Gasteiger partial charge in [0, 0.05) is 28.1 Å². The molecule has 3 heterocycles. The van der Waals surface area contributed by atoms with Gasteiger partial charge in [-0.3, -0.25) is 9.59 Å². The maximum atomic E-state index is 13.0. The first-order chi connectivity index (χ1) is 11.6. The van der Waals surface area contributed by atoms with Crippen molar-refractivity contribution in [3.8, 4) is 5.75 Å². The van der Waals surface area contributed by atoms with E-state index >= 15 is 0 Å². The fourth-order valence-corrected chi connectivity index (χ4v) is 4.41. The van der Waals surface area contributed by atoms with Crippen molar-refractivity contribution in [2.24, 2.45) is 7.05 Å². The zero-order valence-corrected chi connectivity index (χ0v) is 14.4. The van der Waals surface area contributed by atoms with Crippen LogP contribution in [-0.4, -0.2) is 10.5 Å². The van der Waals surface area contributed by atoms with Crippen molar-refractivity contribution in [2.75, 3.05) is 0 Å². The average Bonchev–Trinajstić information content (AvgIpc) is 3.08. The molecule has 0 saturated heterocycles. The van der Waals surface area contributed by atoms with Gasteiger partial charge in [-0.1, -0.05) is 19.1 Å². The number of hydrogen-bond donors (Lipinski definition) is 0. The second-order valence-corrected chi connectivity index (χ2v) is 7.21. The van der Waals surface area contributed by atoms with Crippen LogP contribution in [0.15, 0.2) is 41.2 Å². The number of carbonyl (C=O) groups excluding carboxylic acids is 1. The van der Waals surface area contributed by atoms with Crippen LogP contribution >= 0.6 is 11.3 Å². The Balaban J connectivity index is 2.03. The highest BCUT2D eigenvalue weighted by Gasteiger charge is 2.34. The van der Waals surface area contributed by atoms with Gasteiger partial charge < -0.3 is 9.30 Å². The molecule has 0 saturated carbocycles. The smallest absolute Gasteiger partial charge is 0.312 e. The fourth-order valence-electron chi connectivity index (χ4n) is 3.35. The van der Waals surface area contributed by atoms with Crippen molar-refractivity contribution in [1.82, 2.24) is 4.57 Å². The second kappa shape index (κ2) is 5.60. The predicted molar refractivity (Wildman–Crippen MR) is 95.0 cm³/mol. The molecule has 0 fully saturated rings. The molecule has 5 heteroatoms. The normalized spacial score (nSPS) is 16.9. The van der Waals surface area contributed by atoms with E-state index < -0.39 is 0 Å². The molecule has 1 aliphatic heterocycles. The van der Waals surface area contributed by atoms with Crippen LogP contribution in [0.3, 0.4) is 0 Å². The number of benzene rings is 1. The van der Waals surface area contributed by atoms with E-state index in [9.17, 15) is 9.59 Å². The number of rotatable bonds is 2. The molecule has 2 aromatic heterocycles. The van der Waals surface area contributed by atoms with Crippen molar-refractivity contribution in [3.63, 3.8) is 0 Å². The molecule has 1 atom stereocenters. The number of nitrogens with zero attached hydrogens (tertiary/aromatic N) is 1. The lowest BCUT2D eigenvalue weighted by Gasteiger charge is -2.25. The minimum absolute atomic E-state index is 0.0901. The van der Waals surface area contributed by atoms with Crippen LogP contribution in [0, 0.1) is 0 Å². The summed E-state index contributed by atoms with van der Waals surface area (Å²) in [5, 5.41) is 0.805. The van der Waals surface area contributed by atoms with Gasteiger partial charge in [0.15, 0.2) is 0 Å². The molecule has 24 heavy (non-hydrogen) atoms. The van der Waals surface area contributed by atoms with Gasteiger partial charge in [-0.2, -0.15) is 0 Å². The quantitative estimate of drug-likeness (QED) is 0.670. The molecular weight excluding hydrogens is 322 g/mol. The van der Waals surface area contributed by atoms with Crippen LogP contribution < -0.4 is 10.3 Å². The van der Waals surface area contributed by atoms with Gasteiger partial charge in [-0.15, -0.1) is 11.3 Å². The number of aromatic nitrogens is 1. The second-order valence-electron chi connectivity index (χ2n) is 6.01. The van der Waals surface area contributed by atoms with E-state index in [1.165, 1.54) is 4.88 Å². The minimum atomic E-state index is -0.280. The van der Waals surface area contributed by atoms with Gasteiger partial charge >= 0.3 is 5.97 Å². The molecule has 1 aliphatic rings. The molecule has 0 N–H and O–H groups in total. The summed E-state index contributed by atoms with van der Waals surface area (Å²) >= 11 is 1.67. The van der Waals surface area contributed by atoms with Crippen LogP contribution in [0.5, 0.6) is 5.75 Å². The minimum Gasteiger partial charge on any atom is -0.425 e. The van der Waals surface area contributed by atoms with E-state index in [-0.39, 0.29) is 23.9 Å². The summed E-state index contributed by atoms with van der Waals surface area (Å²) in [6.07, 6.45) is 1.16. The summed E-state index contributed by atoms with van der Waals surface area (Å²) in [6, 6.07) is 11.6. The third-order valence-corrected chi connectivity index (χ3v) is 5.94. The van der Waals surface area contributed by atoms with Gasteiger partial charge in [0.1, 0.15) is 5.75 Å². The molecule has 1 aromatic carbocycles. The number of fused-ring (bicyclic) bond motifs is 3. The monoisotopic (exact) mass is 339 g/mol. The molecule has 3 aromatic rings. The predicted octanol–water partition coefficient (Wildman–Crippen LogP) is 3.60. The topological polar surface area (TPSA) is 48.3 Å². The Hall–Kier alpha value is -2.40. The summed E-state index contributed by atoms with van der Waals surface area (Å²) in [5.74, 6) is -0.0754. The van der Waals surface area contributed by atoms with E-state index in [0.29, 0.717) is 11.3 Å². The number of esters is 1. The van der Waals surface area contributed by atoms with Gasteiger partial charge in [0.2, 0.25) is 0 Å². The molecule has 4 rings (SSSR count). The molecule has 0 amide bonds. The Labute approximate surface area is 143 Å². The number of thiophene rings is 1. The summed E-state index contributed by atoms with van der Waals surface area (Å²) in [6.45, 7) is 2.10. The number of carbonyl (C=O) groups is 1. The molecule has 0 aliphatic carbocycles. The Kier molecular flexibility index (Phi) is 3.53. The van der Waals surface area contributed by atoms with E-state index in [0.717, 1.165) is 22.2 Å². The standard InChI is InChI=1S/C19H17NO3S/c1-3-11-8-9-15(24-11)13-10-16(21)23-18-12-6-4-5-7-14(12)20(2)19(22)17(13)18/h4-9,13H,3,10H2,1-2H3. The molecule has 0 radical (unpaired) electrons. The Morgan fingerprint density at radius 2 is 2.00 bits per heavy atom. The van der Waals surface area contributed by atoms with E-state index in [1.54, 1.807) is 23.0 Å². The molecule has 4 nitrogen and oxygen atoms in total. The maximum absolute atomic E-state index is 13.0. The first kappa shape index (κ1) is 15.1. The summed E-state index contributed by atoms with van der Waals surface area (Å²) in [4.78, 5) is 27.5. The van der Waals surface area contributed by atoms with Crippen molar-refractivity contribution >= 4 is 28.2 Å². The van der Waals surface area contributed by atoms with E-state index in [2.05, 4.69) is 13.0 Å².